The number of nitrogen functional groups attached to an aromatic ring is 1. The van der Waals surface area contributed by atoms with E-state index in [1.165, 1.54) is 18.4 Å². The second kappa shape index (κ2) is 5.49. The molecule has 0 saturated carbocycles. The molecule has 1 saturated heterocycles. The van der Waals surface area contributed by atoms with Gasteiger partial charge in [-0.05, 0) is 18.8 Å². The van der Waals surface area contributed by atoms with E-state index in [4.69, 9.17) is 15.7 Å². The van der Waals surface area contributed by atoms with Crippen molar-refractivity contribution in [1.29, 1.82) is 5.26 Å². The SMILES string of the molecule is COC(=O)c1c(N2CCC(C)CC2)sc(C#N)c1N. The molecule has 0 unspecified atom stereocenters. The number of carbonyl (C=O) groups is 1. The van der Waals surface area contributed by atoms with Crippen LogP contribution in [0.15, 0.2) is 0 Å². The molecule has 0 atom stereocenters. The van der Waals surface area contributed by atoms with Crippen LogP contribution in [0.1, 0.15) is 35.0 Å². The maximum Gasteiger partial charge on any atom is 0.343 e. The number of nitrogens with two attached hydrogens (primary N) is 1. The number of hydrogen-bond donors (Lipinski definition) is 1. The van der Waals surface area contributed by atoms with Crippen molar-refractivity contribution in [3.63, 3.8) is 0 Å². The second-order valence-electron chi connectivity index (χ2n) is 4.80. The van der Waals surface area contributed by atoms with Crippen molar-refractivity contribution < 1.29 is 9.53 Å². The largest absolute Gasteiger partial charge is 0.465 e. The van der Waals surface area contributed by atoms with Crippen molar-refractivity contribution >= 4 is 28.0 Å². The van der Waals surface area contributed by atoms with Crippen molar-refractivity contribution in [2.24, 2.45) is 5.92 Å². The van der Waals surface area contributed by atoms with Gasteiger partial charge in [0.1, 0.15) is 21.5 Å². The quantitative estimate of drug-likeness (QED) is 0.840. The Labute approximate surface area is 116 Å². The number of carbonyl (C=O) groups excluding carboxylic acids is 1. The van der Waals surface area contributed by atoms with Crippen molar-refractivity contribution in [3.05, 3.63) is 10.4 Å². The molecule has 102 valence electrons. The van der Waals surface area contributed by atoms with Gasteiger partial charge in [-0.2, -0.15) is 5.26 Å². The van der Waals surface area contributed by atoms with E-state index >= 15 is 0 Å². The van der Waals surface area contributed by atoms with Crippen LogP contribution in [0.3, 0.4) is 0 Å². The average molecular weight is 279 g/mol. The predicted molar refractivity (Wildman–Crippen MR) is 75.4 cm³/mol. The first-order valence-corrected chi connectivity index (χ1v) is 7.05. The first-order chi connectivity index (χ1) is 9.08. The minimum Gasteiger partial charge on any atom is -0.465 e. The molecular formula is C13H17N3O2S. The van der Waals surface area contributed by atoms with Crippen LogP contribution in [0.2, 0.25) is 0 Å². The third-order valence-corrected chi connectivity index (χ3v) is 4.66. The van der Waals surface area contributed by atoms with Gasteiger partial charge in [0.25, 0.3) is 0 Å². The van der Waals surface area contributed by atoms with Crippen LogP contribution in [0.5, 0.6) is 0 Å². The molecule has 0 aliphatic carbocycles. The Hall–Kier alpha value is -1.74. The van der Waals surface area contributed by atoms with Gasteiger partial charge >= 0.3 is 5.97 Å². The third kappa shape index (κ3) is 2.51. The Bertz CT molecular complexity index is 525. The van der Waals surface area contributed by atoms with Gasteiger partial charge in [-0.1, -0.05) is 6.92 Å². The number of esters is 1. The highest BCUT2D eigenvalue weighted by atomic mass is 32.1. The molecule has 0 radical (unpaired) electrons. The summed E-state index contributed by atoms with van der Waals surface area (Å²) in [5.74, 6) is 0.231. The van der Waals surface area contributed by atoms with Crippen LogP contribution < -0.4 is 10.6 Å². The van der Waals surface area contributed by atoms with Crippen LogP contribution in [-0.4, -0.2) is 26.2 Å². The lowest BCUT2D eigenvalue weighted by atomic mass is 9.99. The van der Waals surface area contributed by atoms with Crippen molar-refractivity contribution in [1.82, 2.24) is 0 Å². The fraction of sp³-hybridized carbons (Fsp3) is 0.538. The number of rotatable bonds is 2. The van der Waals surface area contributed by atoms with E-state index in [1.54, 1.807) is 0 Å². The lowest BCUT2D eigenvalue weighted by Crippen LogP contribution is -2.33. The smallest absolute Gasteiger partial charge is 0.343 e. The molecule has 0 aromatic carbocycles. The molecule has 0 spiro atoms. The zero-order valence-corrected chi connectivity index (χ0v) is 11.9. The molecule has 0 amide bonds. The summed E-state index contributed by atoms with van der Waals surface area (Å²) in [6.45, 7) is 3.99. The van der Waals surface area contributed by atoms with Gasteiger partial charge in [-0.3, -0.25) is 0 Å². The first kappa shape index (κ1) is 13.7. The van der Waals surface area contributed by atoms with Gasteiger partial charge in [-0.15, -0.1) is 11.3 Å². The minimum atomic E-state index is -0.469. The number of ether oxygens (including phenoxy) is 1. The molecule has 6 heteroatoms. The highest BCUT2D eigenvalue weighted by Crippen LogP contribution is 2.39. The highest BCUT2D eigenvalue weighted by Gasteiger charge is 2.28. The van der Waals surface area contributed by atoms with E-state index in [2.05, 4.69) is 11.8 Å². The summed E-state index contributed by atoms with van der Waals surface area (Å²) in [6, 6.07) is 2.04. The van der Waals surface area contributed by atoms with E-state index in [0.29, 0.717) is 16.4 Å². The lowest BCUT2D eigenvalue weighted by Gasteiger charge is -2.31. The Morgan fingerprint density at radius 1 is 1.53 bits per heavy atom. The van der Waals surface area contributed by atoms with Crippen molar-refractivity contribution in [3.8, 4) is 6.07 Å². The maximum absolute atomic E-state index is 11.9. The van der Waals surface area contributed by atoms with Crippen LogP contribution in [0.4, 0.5) is 10.7 Å². The molecule has 1 aliphatic heterocycles. The van der Waals surface area contributed by atoms with E-state index in [1.807, 2.05) is 6.07 Å². The maximum atomic E-state index is 11.9. The fourth-order valence-corrected chi connectivity index (χ4v) is 3.31. The highest BCUT2D eigenvalue weighted by molar-refractivity contribution is 7.17. The van der Waals surface area contributed by atoms with E-state index in [9.17, 15) is 4.79 Å². The number of nitrogens with zero attached hydrogens (tertiary/aromatic N) is 2. The predicted octanol–water partition coefficient (Wildman–Crippen LogP) is 2.22. The summed E-state index contributed by atoms with van der Waals surface area (Å²) >= 11 is 1.28. The van der Waals surface area contributed by atoms with Crippen LogP contribution in [0, 0.1) is 17.2 Å². The molecule has 1 aromatic heterocycles. The molecule has 5 nitrogen and oxygen atoms in total. The molecule has 2 rings (SSSR count). The average Bonchev–Trinajstić information content (AvgIpc) is 2.75. The minimum absolute atomic E-state index is 0.243. The van der Waals surface area contributed by atoms with Gasteiger partial charge in [0, 0.05) is 13.1 Å². The number of anilines is 2. The zero-order chi connectivity index (χ0) is 14.0. The normalized spacial score (nSPS) is 16.2. The fourth-order valence-electron chi connectivity index (χ4n) is 2.25. The van der Waals surface area contributed by atoms with Gasteiger partial charge in [0.2, 0.25) is 0 Å². The molecule has 1 aromatic rings. The van der Waals surface area contributed by atoms with E-state index in [-0.39, 0.29) is 5.69 Å². The molecule has 0 bridgehead atoms. The lowest BCUT2D eigenvalue weighted by molar-refractivity contribution is 0.0603. The van der Waals surface area contributed by atoms with E-state index < -0.39 is 5.97 Å². The zero-order valence-electron chi connectivity index (χ0n) is 11.1. The Balaban J connectivity index is 2.39. The molecule has 2 heterocycles. The topological polar surface area (TPSA) is 79.3 Å². The number of thiophene rings is 1. The summed E-state index contributed by atoms with van der Waals surface area (Å²) < 4.78 is 4.78. The van der Waals surface area contributed by atoms with Gasteiger partial charge < -0.3 is 15.4 Å². The van der Waals surface area contributed by atoms with Crippen LogP contribution in [-0.2, 0) is 4.74 Å². The molecule has 19 heavy (non-hydrogen) atoms. The molecular weight excluding hydrogens is 262 g/mol. The monoisotopic (exact) mass is 279 g/mol. The Morgan fingerprint density at radius 3 is 2.68 bits per heavy atom. The first-order valence-electron chi connectivity index (χ1n) is 6.24. The second-order valence-corrected chi connectivity index (χ2v) is 5.80. The van der Waals surface area contributed by atoms with Gasteiger partial charge in [0.15, 0.2) is 0 Å². The van der Waals surface area contributed by atoms with Crippen LogP contribution in [0.25, 0.3) is 0 Å². The molecule has 1 fully saturated rings. The summed E-state index contributed by atoms with van der Waals surface area (Å²) in [5.41, 5.74) is 6.47. The number of nitriles is 1. The standard InChI is InChI=1S/C13H17N3O2S/c1-8-3-5-16(6-4-8)12-10(13(17)18-2)11(15)9(7-14)19-12/h8H,3-6,15H2,1-2H3. The van der Waals surface area contributed by atoms with Crippen molar-refractivity contribution in [2.45, 2.75) is 19.8 Å². The van der Waals surface area contributed by atoms with Crippen molar-refractivity contribution in [2.75, 3.05) is 30.8 Å². The summed E-state index contributed by atoms with van der Waals surface area (Å²) in [7, 11) is 1.33. The summed E-state index contributed by atoms with van der Waals surface area (Å²) in [5, 5.41) is 9.83. The Morgan fingerprint density at radius 2 is 2.16 bits per heavy atom. The molecule has 2 N–H and O–H groups in total. The third-order valence-electron chi connectivity index (χ3n) is 3.49. The van der Waals surface area contributed by atoms with E-state index in [0.717, 1.165) is 30.9 Å². The van der Waals surface area contributed by atoms with Gasteiger partial charge in [-0.25, -0.2) is 4.79 Å². The Kier molecular flexibility index (Phi) is 3.96. The summed E-state index contributed by atoms with van der Waals surface area (Å²) in [6.07, 6.45) is 2.17. The molecule has 1 aliphatic rings. The summed E-state index contributed by atoms with van der Waals surface area (Å²) in [4.78, 5) is 14.4. The van der Waals surface area contributed by atoms with Gasteiger partial charge in [0.05, 0.1) is 12.8 Å². The van der Waals surface area contributed by atoms with Crippen LogP contribution >= 0.6 is 11.3 Å². The number of piperidine rings is 1. The number of methoxy groups -OCH3 is 1. The number of hydrogen-bond acceptors (Lipinski definition) is 6.